The number of esters is 2. The Kier molecular flexibility index (Phi) is 63.4. The Morgan fingerprint density at radius 3 is 0.952 bits per heavy atom. The first kappa shape index (κ1) is 81.7. The van der Waals surface area contributed by atoms with Crippen LogP contribution < -0.4 is 0 Å². The number of allylic oxidation sites excluding steroid dienone is 10. The molecule has 0 heterocycles. The highest BCUT2D eigenvalue weighted by atomic mass is 31.2. The number of phosphoric ester groups is 1. The molecule has 2 unspecified atom stereocenters. The van der Waals surface area contributed by atoms with E-state index in [4.69, 9.17) is 18.5 Å². The summed E-state index contributed by atoms with van der Waals surface area (Å²) in [5.74, 6) is -0.781. The van der Waals surface area contributed by atoms with E-state index in [1.54, 1.807) is 0 Å². The lowest BCUT2D eigenvalue weighted by Gasteiger charge is -2.24. The van der Waals surface area contributed by atoms with Crippen molar-refractivity contribution in [3.05, 3.63) is 60.8 Å². The fourth-order valence-electron chi connectivity index (χ4n) is 10.5. The molecule has 0 fully saturated rings. The average Bonchev–Trinajstić information content (AvgIpc) is 3.61. The second-order valence-electron chi connectivity index (χ2n) is 25.6. The van der Waals surface area contributed by atoms with Crippen LogP contribution in [0.15, 0.2) is 60.8 Å². The van der Waals surface area contributed by atoms with Crippen LogP contribution in [0.3, 0.4) is 0 Å². The molecule has 0 bridgehead atoms. The van der Waals surface area contributed by atoms with E-state index >= 15 is 0 Å². The third kappa shape index (κ3) is 68.8. The molecule has 0 aromatic rings. The number of rotatable bonds is 67. The van der Waals surface area contributed by atoms with Crippen molar-refractivity contribution in [2.24, 2.45) is 0 Å². The van der Waals surface area contributed by atoms with Crippen molar-refractivity contribution in [2.75, 3.05) is 47.5 Å². The molecular weight excluding hydrogens is 1060 g/mol. The minimum Gasteiger partial charge on any atom is -0.462 e. The van der Waals surface area contributed by atoms with Gasteiger partial charge in [-0.3, -0.25) is 18.6 Å². The van der Waals surface area contributed by atoms with Crippen molar-refractivity contribution in [1.82, 2.24) is 0 Å². The van der Waals surface area contributed by atoms with Crippen molar-refractivity contribution in [3.63, 3.8) is 0 Å². The lowest BCUT2D eigenvalue weighted by Crippen LogP contribution is -2.37. The summed E-state index contributed by atoms with van der Waals surface area (Å²) < 4.78 is 34.8. The van der Waals surface area contributed by atoms with Gasteiger partial charge >= 0.3 is 19.8 Å². The monoisotopic (exact) mass is 1200 g/mol. The van der Waals surface area contributed by atoms with E-state index in [0.717, 1.165) is 51.4 Å². The third-order valence-electron chi connectivity index (χ3n) is 16.0. The zero-order chi connectivity index (χ0) is 61.2. The molecule has 84 heavy (non-hydrogen) atoms. The molecule has 0 aromatic heterocycles. The molecule has 9 nitrogen and oxygen atoms in total. The van der Waals surface area contributed by atoms with Gasteiger partial charge in [-0.1, -0.05) is 312 Å². The smallest absolute Gasteiger partial charge is 0.462 e. The van der Waals surface area contributed by atoms with E-state index < -0.39 is 26.5 Å². The number of quaternary nitrogens is 1. The summed E-state index contributed by atoms with van der Waals surface area (Å²) in [5.41, 5.74) is 0. The molecular formula is C74H139NO8P+. The molecule has 0 radical (unpaired) electrons. The van der Waals surface area contributed by atoms with Crippen molar-refractivity contribution < 1.29 is 42.1 Å². The summed E-state index contributed by atoms with van der Waals surface area (Å²) in [6.45, 7) is 4.47. The van der Waals surface area contributed by atoms with Gasteiger partial charge in [0.25, 0.3) is 0 Å². The number of hydrogen-bond donors (Lipinski definition) is 1. The summed E-state index contributed by atoms with van der Waals surface area (Å²) in [6.07, 6.45) is 86.1. The molecule has 0 aliphatic rings. The van der Waals surface area contributed by atoms with E-state index in [-0.39, 0.29) is 25.6 Å². The van der Waals surface area contributed by atoms with E-state index in [1.807, 2.05) is 21.1 Å². The van der Waals surface area contributed by atoms with E-state index in [1.165, 1.54) is 263 Å². The number of hydrogen-bond acceptors (Lipinski definition) is 7. The topological polar surface area (TPSA) is 108 Å². The van der Waals surface area contributed by atoms with Gasteiger partial charge in [-0.2, -0.15) is 0 Å². The van der Waals surface area contributed by atoms with Crippen molar-refractivity contribution in [2.45, 2.75) is 354 Å². The molecule has 0 aromatic carbocycles. The first-order valence-corrected chi connectivity index (χ1v) is 37.5. The third-order valence-corrected chi connectivity index (χ3v) is 17.0. The van der Waals surface area contributed by atoms with Crippen LogP contribution in [0.25, 0.3) is 0 Å². The maximum absolute atomic E-state index is 12.9. The van der Waals surface area contributed by atoms with Crippen LogP contribution in [0.1, 0.15) is 348 Å². The van der Waals surface area contributed by atoms with Crippen LogP contribution in [0.5, 0.6) is 0 Å². The molecule has 0 aliphatic heterocycles. The Morgan fingerprint density at radius 2 is 0.643 bits per heavy atom. The Hall–Kier alpha value is -2.29. The van der Waals surface area contributed by atoms with Crippen LogP contribution in [-0.4, -0.2) is 74.9 Å². The fourth-order valence-corrected chi connectivity index (χ4v) is 11.2. The van der Waals surface area contributed by atoms with Crippen molar-refractivity contribution in [1.29, 1.82) is 0 Å². The van der Waals surface area contributed by atoms with Gasteiger partial charge in [-0.05, 0) is 83.5 Å². The zero-order valence-corrected chi connectivity index (χ0v) is 57.0. The van der Waals surface area contributed by atoms with Crippen LogP contribution in [0.4, 0.5) is 0 Å². The quantitative estimate of drug-likeness (QED) is 0.0211. The number of carbonyl (C=O) groups excluding carboxylic acids is 2. The lowest BCUT2D eigenvalue weighted by molar-refractivity contribution is -0.870. The summed E-state index contributed by atoms with van der Waals surface area (Å²) in [7, 11) is 1.49. The first-order valence-electron chi connectivity index (χ1n) is 36.0. The molecule has 492 valence electrons. The van der Waals surface area contributed by atoms with Gasteiger partial charge in [0.05, 0.1) is 27.7 Å². The normalized spacial score (nSPS) is 13.5. The second-order valence-corrected chi connectivity index (χ2v) is 27.1. The van der Waals surface area contributed by atoms with Crippen LogP contribution in [0, 0.1) is 0 Å². The summed E-state index contributed by atoms with van der Waals surface area (Å²) in [4.78, 5) is 35.9. The van der Waals surface area contributed by atoms with E-state index in [0.29, 0.717) is 23.9 Å². The van der Waals surface area contributed by atoms with Gasteiger partial charge in [0.15, 0.2) is 6.10 Å². The number of ether oxygens (including phenoxy) is 2. The summed E-state index contributed by atoms with van der Waals surface area (Å²) in [6, 6.07) is 0. The molecule has 0 aliphatic carbocycles. The maximum atomic E-state index is 12.9. The van der Waals surface area contributed by atoms with Crippen LogP contribution in [-0.2, 0) is 32.7 Å². The van der Waals surface area contributed by atoms with Gasteiger partial charge in [0.1, 0.15) is 19.8 Å². The number of nitrogens with zero attached hydrogens (tertiary/aromatic N) is 1. The number of phosphoric acid groups is 1. The molecule has 0 rings (SSSR count). The minimum atomic E-state index is -4.39. The zero-order valence-electron chi connectivity index (χ0n) is 56.1. The van der Waals surface area contributed by atoms with Gasteiger partial charge in [-0.25, -0.2) is 4.57 Å². The lowest BCUT2D eigenvalue weighted by atomic mass is 10.0. The van der Waals surface area contributed by atoms with Crippen molar-refractivity contribution in [3.8, 4) is 0 Å². The summed E-state index contributed by atoms with van der Waals surface area (Å²) >= 11 is 0. The van der Waals surface area contributed by atoms with Crippen LogP contribution in [0.2, 0.25) is 0 Å². The van der Waals surface area contributed by atoms with E-state index in [9.17, 15) is 19.0 Å². The Balaban J connectivity index is 4.00. The van der Waals surface area contributed by atoms with Gasteiger partial charge in [0, 0.05) is 12.8 Å². The van der Waals surface area contributed by atoms with E-state index in [2.05, 4.69) is 74.6 Å². The molecule has 10 heteroatoms. The number of likely N-dealkylation sites (N-methyl/N-ethyl adjacent to an activating group) is 1. The van der Waals surface area contributed by atoms with Gasteiger partial charge in [0.2, 0.25) is 0 Å². The Labute approximate surface area is 521 Å². The SMILES string of the molecule is CCCCCCC/C=C\C/C=C\C/C=C\CCCCCCCCCCCCCCCCCCCCC(=O)OC(COC(=O)CCCCCCCCCCCCCCCCC/C=C\C/C=C\CCCCCCC)COP(=O)(O)OCC[N+](C)(C)C. The highest BCUT2D eigenvalue weighted by Crippen LogP contribution is 2.43. The van der Waals surface area contributed by atoms with Gasteiger partial charge in [-0.15, -0.1) is 0 Å². The summed E-state index contributed by atoms with van der Waals surface area (Å²) in [5, 5.41) is 0. The molecule has 0 spiro atoms. The highest BCUT2D eigenvalue weighted by Gasteiger charge is 2.27. The Morgan fingerprint density at radius 1 is 0.369 bits per heavy atom. The maximum Gasteiger partial charge on any atom is 0.472 e. The predicted octanol–water partition coefficient (Wildman–Crippen LogP) is 23.4. The standard InChI is InChI=1S/C74H138NO8P/c1-6-8-10-12-14-16-18-20-22-24-26-28-30-32-34-35-36-37-38-39-41-43-45-47-49-51-53-55-57-59-61-63-65-67-74(77)83-72(71-82-84(78,79)81-69-68-75(3,4)5)70-80-73(76)66-64-62-60-58-56-54-52-50-48-46-44-42-40-33-31-29-27-25-23-21-19-17-15-13-11-9-7-2/h18-21,24-27,30,32,72H,6-17,22-23,28-29,31,33-71H2,1-5H3/p+1/b20-18-,21-19-,26-24-,27-25-,32-30-. The molecule has 1 N–H and O–H groups in total. The number of carbonyl (C=O) groups is 2. The van der Waals surface area contributed by atoms with Gasteiger partial charge < -0.3 is 18.9 Å². The predicted molar refractivity (Wildman–Crippen MR) is 363 cm³/mol. The molecule has 2 atom stereocenters. The number of unbranched alkanes of at least 4 members (excludes halogenated alkanes) is 43. The molecule has 0 saturated carbocycles. The molecule has 0 saturated heterocycles. The minimum absolute atomic E-state index is 0.0325. The fraction of sp³-hybridized carbons (Fsp3) is 0.838. The molecule has 0 amide bonds. The Bertz CT molecular complexity index is 1600. The first-order chi connectivity index (χ1) is 41.0. The average molecular weight is 1200 g/mol. The largest absolute Gasteiger partial charge is 0.472 e. The second kappa shape index (κ2) is 65.2. The highest BCUT2D eigenvalue weighted by molar-refractivity contribution is 7.47. The van der Waals surface area contributed by atoms with Crippen molar-refractivity contribution >= 4 is 19.8 Å². The van der Waals surface area contributed by atoms with Crippen LogP contribution >= 0.6 is 7.82 Å².